The Kier molecular flexibility index (Phi) is 3.21. The lowest BCUT2D eigenvalue weighted by Gasteiger charge is -2.26. The fourth-order valence-corrected chi connectivity index (χ4v) is 2.05. The Morgan fingerprint density at radius 2 is 2.39 bits per heavy atom. The number of hydrogen-bond donors (Lipinski definition) is 2. The zero-order valence-corrected chi connectivity index (χ0v) is 10.1. The van der Waals surface area contributed by atoms with Crippen LogP contribution in [0, 0.1) is 18.3 Å². The van der Waals surface area contributed by atoms with Crippen molar-refractivity contribution in [2.45, 2.75) is 18.9 Å². The van der Waals surface area contributed by atoms with Crippen LogP contribution in [0.5, 0.6) is 0 Å². The molecule has 0 bridgehead atoms. The summed E-state index contributed by atoms with van der Waals surface area (Å²) >= 11 is 0. The summed E-state index contributed by atoms with van der Waals surface area (Å²) < 4.78 is 5.18. The average molecular weight is 246 g/mol. The van der Waals surface area contributed by atoms with E-state index in [1.807, 2.05) is 13.0 Å². The van der Waals surface area contributed by atoms with Crippen LogP contribution < -0.4 is 5.32 Å². The van der Waals surface area contributed by atoms with Crippen LogP contribution in [0.4, 0.5) is 5.69 Å². The van der Waals surface area contributed by atoms with E-state index in [9.17, 15) is 9.90 Å². The number of para-hydroxylation sites is 1. The molecule has 1 aromatic rings. The van der Waals surface area contributed by atoms with E-state index in [0.29, 0.717) is 24.3 Å². The zero-order valence-electron chi connectivity index (χ0n) is 10.1. The molecule has 1 saturated heterocycles. The van der Waals surface area contributed by atoms with Gasteiger partial charge in [-0.25, -0.2) is 4.79 Å². The second-order valence-corrected chi connectivity index (χ2v) is 4.42. The second kappa shape index (κ2) is 4.67. The molecule has 1 heterocycles. The highest BCUT2D eigenvalue weighted by Gasteiger charge is 2.43. The van der Waals surface area contributed by atoms with E-state index in [0.717, 1.165) is 5.56 Å². The lowest BCUT2D eigenvalue weighted by molar-refractivity contribution is -0.142. The van der Waals surface area contributed by atoms with Crippen LogP contribution >= 0.6 is 0 Å². The van der Waals surface area contributed by atoms with Crippen molar-refractivity contribution in [3.8, 4) is 6.07 Å². The van der Waals surface area contributed by atoms with Crippen LogP contribution in [0.3, 0.4) is 0 Å². The molecule has 1 aliphatic heterocycles. The number of carboxylic acid groups (broad SMARTS) is 1. The van der Waals surface area contributed by atoms with Gasteiger partial charge in [0.25, 0.3) is 0 Å². The highest BCUT2D eigenvalue weighted by molar-refractivity contribution is 5.84. The van der Waals surface area contributed by atoms with Crippen molar-refractivity contribution in [2.75, 3.05) is 18.5 Å². The topological polar surface area (TPSA) is 82.4 Å². The molecule has 0 radical (unpaired) electrons. The summed E-state index contributed by atoms with van der Waals surface area (Å²) in [7, 11) is 0. The number of aliphatic carboxylic acids is 1. The highest BCUT2D eigenvalue weighted by Crippen LogP contribution is 2.29. The summed E-state index contributed by atoms with van der Waals surface area (Å²) in [5, 5.41) is 21.4. The Hall–Kier alpha value is -2.06. The number of nitriles is 1. The number of rotatable bonds is 3. The molecule has 0 amide bonds. The van der Waals surface area contributed by atoms with Crippen molar-refractivity contribution in [3.05, 3.63) is 29.3 Å². The number of nitrogens with one attached hydrogen (secondary N) is 1. The molecule has 18 heavy (non-hydrogen) atoms. The minimum absolute atomic E-state index is 0.113. The summed E-state index contributed by atoms with van der Waals surface area (Å²) in [4.78, 5) is 11.4. The SMILES string of the molecule is Cc1cccc(C#N)c1NC1(C(=O)O)CCOC1. The first-order chi connectivity index (χ1) is 8.59. The Morgan fingerprint density at radius 3 is 2.94 bits per heavy atom. The molecule has 2 N–H and O–H groups in total. The molecule has 0 spiro atoms. The van der Waals surface area contributed by atoms with E-state index >= 15 is 0 Å². The first-order valence-electron chi connectivity index (χ1n) is 5.68. The molecular weight excluding hydrogens is 232 g/mol. The molecular formula is C13H14N2O3. The standard InChI is InChI=1S/C13H14N2O3/c1-9-3-2-4-10(7-14)11(9)15-13(12(16)17)5-6-18-8-13/h2-4,15H,5-6,8H2,1H3,(H,16,17). The number of carboxylic acids is 1. The maximum Gasteiger partial charge on any atom is 0.331 e. The Bertz CT molecular complexity index is 513. The lowest BCUT2D eigenvalue weighted by atomic mass is 9.96. The molecule has 5 nitrogen and oxygen atoms in total. The maximum absolute atomic E-state index is 11.4. The van der Waals surface area contributed by atoms with Crippen molar-refractivity contribution in [1.29, 1.82) is 5.26 Å². The highest BCUT2D eigenvalue weighted by atomic mass is 16.5. The molecule has 94 valence electrons. The fraction of sp³-hybridized carbons (Fsp3) is 0.385. The first kappa shape index (κ1) is 12.4. The number of nitrogens with zero attached hydrogens (tertiary/aromatic N) is 1. The van der Waals surface area contributed by atoms with Gasteiger partial charge in [0.1, 0.15) is 6.07 Å². The first-order valence-corrected chi connectivity index (χ1v) is 5.68. The molecule has 1 fully saturated rings. The summed E-state index contributed by atoms with van der Waals surface area (Å²) in [6.07, 6.45) is 0.390. The van der Waals surface area contributed by atoms with Crippen LogP contribution in [0.2, 0.25) is 0 Å². The number of hydrogen-bond acceptors (Lipinski definition) is 4. The average Bonchev–Trinajstić information content (AvgIpc) is 2.82. The third-order valence-corrected chi connectivity index (χ3v) is 3.19. The van der Waals surface area contributed by atoms with E-state index in [4.69, 9.17) is 10.00 Å². The van der Waals surface area contributed by atoms with Crippen molar-refractivity contribution < 1.29 is 14.6 Å². The number of anilines is 1. The Morgan fingerprint density at radius 1 is 1.61 bits per heavy atom. The van der Waals surface area contributed by atoms with Gasteiger partial charge in [-0.1, -0.05) is 12.1 Å². The van der Waals surface area contributed by atoms with Crippen molar-refractivity contribution in [3.63, 3.8) is 0 Å². The number of aryl methyl sites for hydroxylation is 1. The third kappa shape index (κ3) is 2.03. The molecule has 1 atom stereocenters. The van der Waals surface area contributed by atoms with Crippen molar-refractivity contribution >= 4 is 11.7 Å². The summed E-state index contributed by atoms with van der Waals surface area (Å²) in [6.45, 7) is 2.36. The van der Waals surface area contributed by atoms with E-state index in [1.165, 1.54) is 0 Å². The van der Waals surface area contributed by atoms with Crippen LogP contribution in [0.1, 0.15) is 17.5 Å². The van der Waals surface area contributed by atoms with E-state index in [1.54, 1.807) is 12.1 Å². The van der Waals surface area contributed by atoms with Crippen LogP contribution in [-0.4, -0.2) is 29.8 Å². The monoisotopic (exact) mass is 246 g/mol. The van der Waals surface area contributed by atoms with Crippen LogP contribution in [0.25, 0.3) is 0 Å². The summed E-state index contributed by atoms with van der Waals surface area (Å²) in [6, 6.07) is 7.35. The summed E-state index contributed by atoms with van der Waals surface area (Å²) in [5.41, 5.74) is 0.745. The zero-order chi connectivity index (χ0) is 13.2. The number of carbonyl (C=O) groups is 1. The predicted octanol–water partition coefficient (Wildman–Crippen LogP) is 1.52. The van der Waals surface area contributed by atoms with Gasteiger partial charge in [0.05, 0.1) is 17.9 Å². The van der Waals surface area contributed by atoms with Crippen molar-refractivity contribution in [2.24, 2.45) is 0 Å². The minimum atomic E-state index is -1.13. The van der Waals surface area contributed by atoms with Crippen molar-refractivity contribution in [1.82, 2.24) is 0 Å². The van der Waals surface area contributed by atoms with E-state index in [2.05, 4.69) is 11.4 Å². The van der Waals surface area contributed by atoms with Gasteiger partial charge >= 0.3 is 5.97 Å². The molecule has 2 rings (SSSR count). The van der Waals surface area contributed by atoms with Gasteiger partial charge < -0.3 is 15.2 Å². The van der Waals surface area contributed by atoms with Gasteiger partial charge in [0, 0.05) is 13.0 Å². The minimum Gasteiger partial charge on any atom is -0.479 e. The fourth-order valence-electron chi connectivity index (χ4n) is 2.05. The molecule has 5 heteroatoms. The summed E-state index contributed by atoms with van der Waals surface area (Å²) in [5.74, 6) is -0.952. The molecule has 0 saturated carbocycles. The van der Waals surface area contributed by atoms with Gasteiger partial charge in [0.2, 0.25) is 0 Å². The van der Waals surface area contributed by atoms with Gasteiger partial charge in [-0.05, 0) is 18.6 Å². The normalized spacial score (nSPS) is 22.4. The smallest absolute Gasteiger partial charge is 0.331 e. The largest absolute Gasteiger partial charge is 0.479 e. The van der Waals surface area contributed by atoms with E-state index in [-0.39, 0.29) is 6.61 Å². The van der Waals surface area contributed by atoms with Gasteiger partial charge in [-0.2, -0.15) is 5.26 Å². The molecule has 1 unspecified atom stereocenters. The maximum atomic E-state index is 11.4. The molecule has 0 aromatic heterocycles. The Balaban J connectivity index is 2.39. The molecule has 1 aromatic carbocycles. The predicted molar refractivity (Wildman–Crippen MR) is 65.3 cm³/mol. The second-order valence-electron chi connectivity index (χ2n) is 4.42. The molecule has 0 aliphatic carbocycles. The number of ether oxygens (including phenoxy) is 1. The number of benzene rings is 1. The Labute approximate surface area is 105 Å². The quantitative estimate of drug-likeness (QED) is 0.845. The molecule has 1 aliphatic rings. The van der Waals surface area contributed by atoms with E-state index < -0.39 is 11.5 Å². The van der Waals surface area contributed by atoms with Crippen LogP contribution in [-0.2, 0) is 9.53 Å². The van der Waals surface area contributed by atoms with Gasteiger partial charge in [0.15, 0.2) is 5.54 Å². The van der Waals surface area contributed by atoms with Gasteiger partial charge in [-0.15, -0.1) is 0 Å². The lowest BCUT2D eigenvalue weighted by Crippen LogP contribution is -2.47. The van der Waals surface area contributed by atoms with Crippen LogP contribution in [0.15, 0.2) is 18.2 Å². The van der Waals surface area contributed by atoms with Gasteiger partial charge in [-0.3, -0.25) is 0 Å². The third-order valence-electron chi connectivity index (χ3n) is 3.19.